The van der Waals surface area contributed by atoms with E-state index in [1.165, 1.54) is 0 Å². The first-order chi connectivity index (χ1) is 5.59. The van der Waals surface area contributed by atoms with Crippen LogP contribution in [0.4, 0.5) is 0 Å². The molecule has 0 spiro atoms. The fourth-order valence-corrected chi connectivity index (χ4v) is 1.45. The van der Waals surface area contributed by atoms with Gasteiger partial charge in [0.2, 0.25) is 0 Å². The Kier molecular flexibility index (Phi) is 3.12. The molecular weight excluding hydrogens is 172 g/mol. The molecule has 1 aromatic carbocycles. The molecule has 66 valence electrons. The lowest BCUT2D eigenvalue weighted by atomic mass is 10.1. The lowest BCUT2D eigenvalue weighted by Gasteiger charge is -2.06. The molecule has 0 aliphatic carbocycles. The van der Waals surface area contributed by atoms with E-state index in [0.29, 0.717) is 6.42 Å². The van der Waals surface area contributed by atoms with Crippen LogP contribution in [0, 0.1) is 6.92 Å². The van der Waals surface area contributed by atoms with Gasteiger partial charge in [0, 0.05) is 5.02 Å². The molecule has 0 heterocycles. The first-order valence-electron chi connectivity index (χ1n) is 4.02. The molecule has 1 N–H and O–H groups in total. The second-order valence-corrected chi connectivity index (χ2v) is 3.56. The molecule has 0 aromatic heterocycles. The second kappa shape index (κ2) is 3.92. The van der Waals surface area contributed by atoms with Gasteiger partial charge in [0.15, 0.2) is 0 Å². The number of hydrogen-bond donors (Lipinski definition) is 1. The predicted molar refractivity (Wildman–Crippen MR) is 51.6 cm³/mol. The highest BCUT2D eigenvalue weighted by Gasteiger charge is 2.03. The number of hydrogen-bond acceptors (Lipinski definition) is 1. The Morgan fingerprint density at radius 3 is 2.67 bits per heavy atom. The van der Waals surface area contributed by atoms with Gasteiger partial charge in [-0.1, -0.05) is 23.7 Å². The van der Waals surface area contributed by atoms with Gasteiger partial charge in [0.25, 0.3) is 0 Å². The van der Waals surface area contributed by atoms with Crippen LogP contribution in [-0.2, 0) is 6.42 Å². The third-order valence-electron chi connectivity index (χ3n) is 1.72. The Balaban J connectivity index is 2.86. The first-order valence-corrected chi connectivity index (χ1v) is 4.40. The summed E-state index contributed by atoms with van der Waals surface area (Å²) in [6, 6.07) is 5.88. The molecule has 0 fully saturated rings. The van der Waals surface area contributed by atoms with Crippen molar-refractivity contribution in [3.8, 4) is 0 Å². The van der Waals surface area contributed by atoms with Crippen LogP contribution in [0.25, 0.3) is 0 Å². The van der Waals surface area contributed by atoms with Gasteiger partial charge >= 0.3 is 0 Å². The molecule has 2 heteroatoms. The molecular formula is C10H13ClO. The molecule has 0 aliphatic rings. The van der Waals surface area contributed by atoms with Crippen molar-refractivity contribution < 1.29 is 5.11 Å². The van der Waals surface area contributed by atoms with Gasteiger partial charge in [0.1, 0.15) is 0 Å². The van der Waals surface area contributed by atoms with Crippen molar-refractivity contribution in [2.24, 2.45) is 0 Å². The highest BCUT2D eigenvalue weighted by atomic mass is 35.5. The van der Waals surface area contributed by atoms with Crippen LogP contribution in [0.15, 0.2) is 18.2 Å². The molecule has 0 amide bonds. The zero-order chi connectivity index (χ0) is 9.14. The van der Waals surface area contributed by atoms with Crippen LogP contribution in [0.1, 0.15) is 18.1 Å². The van der Waals surface area contributed by atoms with E-state index in [1.54, 1.807) is 6.92 Å². The Bertz CT molecular complexity index is 269. The Morgan fingerprint density at radius 2 is 2.17 bits per heavy atom. The standard InChI is InChI=1S/C10H13ClO/c1-7-3-4-9(6-8(2)12)10(11)5-7/h3-5,8,12H,6H2,1-2H3/t8-/m1/s1. The number of rotatable bonds is 2. The minimum Gasteiger partial charge on any atom is -0.393 e. The van der Waals surface area contributed by atoms with E-state index >= 15 is 0 Å². The van der Waals surface area contributed by atoms with Crippen LogP contribution in [0.2, 0.25) is 5.02 Å². The largest absolute Gasteiger partial charge is 0.393 e. The minimum atomic E-state index is -0.329. The molecule has 1 aromatic rings. The smallest absolute Gasteiger partial charge is 0.0552 e. The zero-order valence-electron chi connectivity index (χ0n) is 7.34. The Hall–Kier alpha value is -0.530. The van der Waals surface area contributed by atoms with E-state index in [9.17, 15) is 0 Å². The van der Waals surface area contributed by atoms with Gasteiger partial charge < -0.3 is 5.11 Å². The lowest BCUT2D eigenvalue weighted by molar-refractivity contribution is 0.195. The zero-order valence-corrected chi connectivity index (χ0v) is 8.10. The molecule has 1 atom stereocenters. The monoisotopic (exact) mass is 184 g/mol. The number of aliphatic hydroxyl groups is 1. The Morgan fingerprint density at radius 1 is 1.50 bits per heavy atom. The summed E-state index contributed by atoms with van der Waals surface area (Å²) in [5, 5.41) is 9.89. The summed E-state index contributed by atoms with van der Waals surface area (Å²) in [4.78, 5) is 0. The Labute approximate surface area is 78.0 Å². The SMILES string of the molecule is Cc1ccc(C[C@@H](C)O)c(Cl)c1. The fourth-order valence-electron chi connectivity index (χ4n) is 1.14. The van der Waals surface area contributed by atoms with E-state index in [2.05, 4.69) is 0 Å². The average molecular weight is 185 g/mol. The van der Waals surface area contributed by atoms with Crippen LogP contribution in [0.3, 0.4) is 0 Å². The van der Waals surface area contributed by atoms with Crippen molar-refractivity contribution in [3.63, 3.8) is 0 Å². The van der Waals surface area contributed by atoms with Gasteiger partial charge in [-0.15, -0.1) is 0 Å². The maximum atomic E-state index is 9.14. The maximum Gasteiger partial charge on any atom is 0.0552 e. The lowest BCUT2D eigenvalue weighted by Crippen LogP contribution is -2.04. The third-order valence-corrected chi connectivity index (χ3v) is 2.08. The van der Waals surface area contributed by atoms with E-state index in [4.69, 9.17) is 16.7 Å². The van der Waals surface area contributed by atoms with E-state index in [0.717, 1.165) is 16.1 Å². The summed E-state index contributed by atoms with van der Waals surface area (Å²) < 4.78 is 0. The molecule has 0 bridgehead atoms. The fraction of sp³-hybridized carbons (Fsp3) is 0.400. The van der Waals surface area contributed by atoms with Crippen LogP contribution < -0.4 is 0 Å². The third kappa shape index (κ3) is 2.50. The summed E-state index contributed by atoms with van der Waals surface area (Å²) in [6.45, 7) is 3.76. The number of aryl methyl sites for hydroxylation is 1. The van der Waals surface area contributed by atoms with Gasteiger partial charge in [-0.3, -0.25) is 0 Å². The highest BCUT2D eigenvalue weighted by molar-refractivity contribution is 6.31. The van der Waals surface area contributed by atoms with Crippen molar-refractivity contribution in [1.82, 2.24) is 0 Å². The normalized spacial score (nSPS) is 13.0. The molecule has 0 unspecified atom stereocenters. The molecule has 0 radical (unpaired) electrons. The number of aliphatic hydroxyl groups excluding tert-OH is 1. The molecule has 0 saturated carbocycles. The molecule has 12 heavy (non-hydrogen) atoms. The highest BCUT2D eigenvalue weighted by Crippen LogP contribution is 2.18. The maximum absolute atomic E-state index is 9.14. The van der Waals surface area contributed by atoms with Gasteiger partial charge in [-0.05, 0) is 37.5 Å². The van der Waals surface area contributed by atoms with Crippen molar-refractivity contribution in [3.05, 3.63) is 34.3 Å². The van der Waals surface area contributed by atoms with Gasteiger partial charge in [-0.2, -0.15) is 0 Å². The molecule has 0 aliphatic heterocycles. The molecule has 0 saturated heterocycles. The summed E-state index contributed by atoms with van der Waals surface area (Å²) in [6.07, 6.45) is 0.296. The quantitative estimate of drug-likeness (QED) is 0.749. The predicted octanol–water partition coefficient (Wildman–Crippen LogP) is 2.57. The van der Waals surface area contributed by atoms with Crippen molar-refractivity contribution in [2.75, 3.05) is 0 Å². The summed E-state index contributed by atoms with van der Waals surface area (Å²) >= 11 is 5.96. The summed E-state index contributed by atoms with van der Waals surface area (Å²) in [5.41, 5.74) is 2.16. The van der Waals surface area contributed by atoms with E-state index in [1.807, 2.05) is 25.1 Å². The van der Waals surface area contributed by atoms with Crippen LogP contribution >= 0.6 is 11.6 Å². The average Bonchev–Trinajstić information content (AvgIpc) is 1.94. The van der Waals surface area contributed by atoms with Gasteiger partial charge in [-0.25, -0.2) is 0 Å². The topological polar surface area (TPSA) is 20.2 Å². The second-order valence-electron chi connectivity index (χ2n) is 3.15. The summed E-state index contributed by atoms with van der Waals surface area (Å²) in [7, 11) is 0. The summed E-state index contributed by atoms with van der Waals surface area (Å²) in [5.74, 6) is 0. The molecule has 1 rings (SSSR count). The number of halogens is 1. The molecule has 1 nitrogen and oxygen atoms in total. The van der Waals surface area contributed by atoms with Crippen molar-refractivity contribution in [1.29, 1.82) is 0 Å². The van der Waals surface area contributed by atoms with E-state index in [-0.39, 0.29) is 6.10 Å². The van der Waals surface area contributed by atoms with Crippen molar-refractivity contribution >= 4 is 11.6 Å². The van der Waals surface area contributed by atoms with E-state index < -0.39 is 0 Å². The van der Waals surface area contributed by atoms with Crippen LogP contribution in [0.5, 0.6) is 0 Å². The number of benzene rings is 1. The van der Waals surface area contributed by atoms with Crippen LogP contribution in [-0.4, -0.2) is 11.2 Å². The minimum absolute atomic E-state index is 0.329. The van der Waals surface area contributed by atoms with Crippen molar-refractivity contribution in [2.45, 2.75) is 26.4 Å². The first kappa shape index (κ1) is 9.56. The van der Waals surface area contributed by atoms with Gasteiger partial charge in [0.05, 0.1) is 6.10 Å².